The Kier molecular flexibility index (Phi) is 5.71. The van der Waals surface area contributed by atoms with Gasteiger partial charge in [-0.15, -0.1) is 11.3 Å². The number of hydrazine groups is 1. The summed E-state index contributed by atoms with van der Waals surface area (Å²) in [5.74, 6) is 5.97. The molecule has 1 heterocycles. The van der Waals surface area contributed by atoms with Crippen LogP contribution in [0.2, 0.25) is 0 Å². The van der Waals surface area contributed by atoms with Crippen LogP contribution in [0.4, 0.5) is 0 Å². The number of aryl methyl sites for hydroxylation is 2. The zero-order valence-corrected chi connectivity index (χ0v) is 12.7. The van der Waals surface area contributed by atoms with E-state index in [0.717, 1.165) is 15.6 Å². The summed E-state index contributed by atoms with van der Waals surface area (Å²) in [4.78, 5) is 5.46. The van der Waals surface area contributed by atoms with Crippen LogP contribution in [0, 0.1) is 13.8 Å². The molecule has 3 N–H and O–H groups in total. The first-order chi connectivity index (χ1) is 8.39. The Morgan fingerprint density at radius 2 is 2.11 bits per heavy atom. The summed E-state index contributed by atoms with van der Waals surface area (Å²) >= 11 is 1.61. The Morgan fingerprint density at radius 3 is 2.56 bits per heavy atom. The SMILES string of the molecule is CCS(=O)(=O)CCCC(NN)c1sc(C)nc1C. The molecule has 0 saturated carbocycles. The van der Waals surface area contributed by atoms with Crippen LogP contribution in [-0.2, 0) is 9.84 Å². The standard InChI is InChI=1S/C11H21N3O2S2/c1-4-18(15,16)7-5-6-10(14-12)11-8(2)13-9(3)17-11/h10,14H,4-7,12H2,1-3H3. The number of hydrogen-bond acceptors (Lipinski definition) is 6. The smallest absolute Gasteiger partial charge is 0.150 e. The van der Waals surface area contributed by atoms with E-state index in [2.05, 4.69) is 10.4 Å². The van der Waals surface area contributed by atoms with Gasteiger partial charge in [0.15, 0.2) is 0 Å². The van der Waals surface area contributed by atoms with Crippen molar-refractivity contribution in [2.24, 2.45) is 5.84 Å². The van der Waals surface area contributed by atoms with Gasteiger partial charge in [0.2, 0.25) is 0 Å². The molecule has 5 nitrogen and oxygen atoms in total. The van der Waals surface area contributed by atoms with E-state index in [1.54, 1.807) is 18.3 Å². The molecule has 0 radical (unpaired) electrons. The summed E-state index contributed by atoms with van der Waals surface area (Å²) in [6, 6.07) is -0.0109. The Balaban J connectivity index is 2.61. The van der Waals surface area contributed by atoms with Crippen LogP contribution >= 0.6 is 11.3 Å². The average molecular weight is 291 g/mol. The lowest BCUT2D eigenvalue weighted by molar-refractivity contribution is 0.511. The summed E-state index contributed by atoms with van der Waals surface area (Å²) in [7, 11) is -2.89. The van der Waals surface area contributed by atoms with Crippen LogP contribution in [0.3, 0.4) is 0 Å². The van der Waals surface area contributed by atoms with Gasteiger partial charge in [-0.1, -0.05) is 6.92 Å². The third-order valence-electron chi connectivity index (χ3n) is 2.85. The minimum atomic E-state index is -2.89. The monoisotopic (exact) mass is 291 g/mol. The van der Waals surface area contributed by atoms with Gasteiger partial charge < -0.3 is 0 Å². The van der Waals surface area contributed by atoms with Crippen molar-refractivity contribution >= 4 is 21.2 Å². The fourth-order valence-corrected chi connectivity index (χ4v) is 3.73. The van der Waals surface area contributed by atoms with Gasteiger partial charge >= 0.3 is 0 Å². The Hall–Kier alpha value is -0.500. The molecule has 0 aliphatic heterocycles. The van der Waals surface area contributed by atoms with Crippen LogP contribution < -0.4 is 11.3 Å². The number of aromatic nitrogens is 1. The molecule has 0 aliphatic rings. The summed E-state index contributed by atoms with van der Waals surface area (Å²) in [6.07, 6.45) is 1.32. The normalized spacial score (nSPS) is 13.8. The Morgan fingerprint density at radius 1 is 1.44 bits per heavy atom. The molecule has 0 amide bonds. The van der Waals surface area contributed by atoms with Crippen molar-refractivity contribution in [2.75, 3.05) is 11.5 Å². The highest BCUT2D eigenvalue weighted by Gasteiger charge is 2.17. The second kappa shape index (κ2) is 6.60. The van der Waals surface area contributed by atoms with E-state index >= 15 is 0 Å². The van der Waals surface area contributed by atoms with Crippen molar-refractivity contribution in [1.29, 1.82) is 0 Å². The van der Waals surface area contributed by atoms with Gasteiger partial charge in [0, 0.05) is 10.6 Å². The predicted octanol–water partition coefficient (Wildman–Crippen LogP) is 1.48. The average Bonchev–Trinajstić information content (AvgIpc) is 2.64. The molecule has 0 saturated heterocycles. The summed E-state index contributed by atoms with van der Waals surface area (Å²) in [6.45, 7) is 5.58. The Labute approximate surface area is 113 Å². The molecule has 1 aromatic rings. The van der Waals surface area contributed by atoms with Crippen LogP contribution in [0.25, 0.3) is 0 Å². The maximum Gasteiger partial charge on any atom is 0.150 e. The quantitative estimate of drug-likeness (QED) is 0.587. The summed E-state index contributed by atoms with van der Waals surface area (Å²) in [5, 5.41) is 1.00. The highest BCUT2D eigenvalue weighted by molar-refractivity contribution is 7.91. The summed E-state index contributed by atoms with van der Waals surface area (Å²) in [5.41, 5.74) is 3.72. The maximum atomic E-state index is 11.4. The minimum Gasteiger partial charge on any atom is -0.271 e. The molecule has 1 unspecified atom stereocenters. The third-order valence-corrected chi connectivity index (χ3v) is 5.82. The maximum absolute atomic E-state index is 11.4. The van der Waals surface area contributed by atoms with E-state index in [0.29, 0.717) is 12.8 Å². The lowest BCUT2D eigenvalue weighted by atomic mass is 10.1. The fraction of sp³-hybridized carbons (Fsp3) is 0.727. The molecule has 0 fully saturated rings. The first kappa shape index (κ1) is 15.6. The van der Waals surface area contributed by atoms with E-state index in [1.807, 2.05) is 13.8 Å². The highest BCUT2D eigenvalue weighted by Crippen LogP contribution is 2.27. The molecule has 0 aromatic carbocycles. The number of hydrogen-bond donors (Lipinski definition) is 2. The van der Waals surface area contributed by atoms with Gasteiger partial charge in [0.05, 0.1) is 22.5 Å². The first-order valence-electron chi connectivity index (χ1n) is 6.00. The van der Waals surface area contributed by atoms with Crippen molar-refractivity contribution in [3.05, 3.63) is 15.6 Å². The second-order valence-electron chi connectivity index (χ2n) is 4.28. The van der Waals surface area contributed by atoms with Gasteiger partial charge in [-0.25, -0.2) is 13.4 Å². The molecule has 0 spiro atoms. The van der Waals surface area contributed by atoms with Crippen molar-refractivity contribution in [2.45, 2.75) is 39.7 Å². The highest BCUT2D eigenvalue weighted by atomic mass is 32.2. The van der Waals surface area contributed by atoms with Crippen LogP contribution in [-0.4, -0.2) is 24.9 Å². The predicted molar refractivity (Wildman–Crippen MR) is 75.2 cm³/mol. The van der Waals surface area contributed by atoms with E-state index in [-0.39, 0.29) is 17.5 Å². The van der Waals surface area contributed by atoms with Crippen molar-refractivity contribution < 1.29 is 8.42 Å². The fourth-order valence-electron chi connectivity index (χ4n) is 1.81. The van der Waals surface area contributed by atoms with Crippen LogP contribution in [0.15, 0.2) is 0 Å². The van der Waals surface area contributed by atoms with E-state index in [9.17, 15) is 8.42 Å². The van der Waals surface area contributed by atoms with Gasteiger partial charge in [-0.05, 0) is 26.7 Å². The van der Waals surface area contributed by atoms with E-state index < -0.39 is 9.84 Å². The van der Waals surface area contributed by atoms with Crippen molar-refractivity contribution in [3.8, 4) is 0 Å². The van der Waals surface area contributed by atoms with Crippen molar-refractivity contribution in [3.63, 3.8) is 0 Å². The number of sulfone groups is 1. The van der Waals surface area contributed by atoms with Gasteiger partial charge in [-0.3, -0.25) is 11.3 Å². The molecule has 1 rings (SSSR count). The molecule has 1 atom stereocenters. The number of rotatable bonds is 7. The largest absolute Gasteiger partial charge is 0.271 e. The lowest BCUT2D eigenvalue weighted by Gasteiger charge is -2.14. The van der Waals surface area contributed by atoms with Gasteiger partial charge in [-0.2, -0.15) is 0 Å². The molecule has 18 heavy (non-hydrogen) atoms. The van der Waals surface area contributed by atoms with Crippen molar-refractivity contribution in [1.82, 2.24) is 10.4 Å². The van der Waals surface area contributed by atoms with Gasteiger partial charge in [0.25, 0.3) is 0 Å². The molecule has 0 bridgehead atoms. The molecule has 1 aromatic heterocycles. The number of nitrogens with two attached hydrogens (primary N) is 1. The molecule has 7 heteroatoms. The minimum absolute atomic E-state index is 0.0109. The van der Waals surface area contributed by atoms with Crippen LogP contribution in [0.1, 0.15) is 41.4 Å². The third kappa shape index (κ3) is 4.31. The topological polar surface area (TPSA) is 85.1 Å². The number of thiazole rings is 1. The first-order valence-corrected chi connectivity index (χ1v) is 8.64. The zero-order chi connectivity index (χ0) is 13.8. The molecule has 104 valence electrons. The van der Waals surface area contributed by atoms with E-state index in [4.69, 9.17) is 5.84 Å². The molecular formula is C11H21N3O2S2. The summed E-state index contributed by atoms with van der Waals surface area (Å²) < 4.78 is 22.8. The zero-order valence-electron chi connectivity index (χ0n) is 11.1. The number of nitrogens with zero attached hydrogens (tertiary/aromatic N) is 1. The second-order valence-corrected chi connectivity index (χ2v) is 7.99. The van der Waals surface area contributed by atoms with Crippen LogP contribution in [0.5, 0.6) is 0 Å². The number of nitrogens with one attached hydrogen (secondary N) is 1. The van der Waals surface area contributed by atoms with Gasteiger partial charge in [0.1, 0.15) is 9.84 Å². The molecular weight excluding hydrogens is 270 g/mol. The Bertz CT molecular complexity index is 482. The van der Waals surface area contributed by atoms with E-state index in [1.165, 1.54) is 0 Å². The lowest BCUT2D eigenvalue weighted by Crippen LogP contribution is -2.28. The molecule has 0 aliphatic carbocycles.